The smallest absolute Gasteiger partial charge is 0.316 e. The summed E-state index contributed by atoms with van der Waals surface area (Å²) >= 11 is 0. The maximum atomic E-state index is 11.1. The molecule has 0 radical (unpaired) electrons. The minimum Gasteiger partial charge on any atom is -0.374 e. The fourth-order valence-corrected chi connectivity index (χ4v) is 1.80. The molecule has 1 aromatic carbocycles. The van der Waals surface area contributed by atoms with Crippen LogP contribution in [0.1, 0.15) is 20.3 Å². The van der Waals surface area contributed by atoms with Gasteiger partial charge in [0, 0.05) is 12.0 Å². The first kappa shape index (κ1) is 14.7. The van der Waals surface area contributed by atoms with Gasteiger partial charge >= 0.3 is 5.69 Å². The van der Waals surface area contributed by atoms with Crippen molar-refractivity contribution >= 4 is 23.0 Å². The molecule has 19 heavy (non-hydrogen) atoms. The van der Waals surface area contributed by atoms with Gasteiger partial charge in [-0.3, -0.25) is 20.8 Å². The Morgan fingerprint density at radius 2 is 2.00 bits per heavy atom. The van der Waals surface area contributed by atoms with Crippen LogP contribution in [0, 0.1) is 10.1 Å². The topological polar surface area (TPSA) is 136 Å². The van der Waals surface area contributed by atoms with Crippen molar-refractivity contribution < 1.29 is 9.72 Å². The Labute approximate surface area is 110 Å². The lowest BCUT2D eigenvalue weighted by Crippen LogP contribution is -2.36. The van der Waals surface area contributed by atoms with Gasteiger partial charge in [-0.15, -0.1) is 0 Å². The minimum atomic E-state index is -0.705. The van der Waals surface area contributed by atoms with Gasteiger partial charge in [-0.2, -0.15) is 0 Å². The highest BCUT2D eigenvalue weighted by Gasteiger charge is 2.26. The molecule has 0 aromatic heterocycles. The number of para-hydroxylation sites is 1. The van der Waals surface area contributed by atoms with Crippen molar-refractivity contribution in [3.8, 4) is 0 Å². The predicted molar refractivity (Wildman–Crippen MR) is 72.4 cm³/mol. The highest BCUT2D eigenvalue weighted by Crippen LogP contribution is 2.34. The Morgan fingerprint density at radius 1 is 1.42 bits per heavy atom. The van der Waals surface area contributed by atoms with Crippen LogP contribution >= 0.6 is 0 Å². The van der Waals surface area contributed by atoms with Crippen molar-refractivity contribution in [3.05, 3.63) is 28.3 Å². The Balaban J connectivity index is 3.14. The first-order valence-corrected chi connectivity index (χ1v) is 5.57. The number of nitrogens with two attached hydrogens (primary N) is 2. The monoisotopic (exact) mass is 267 g/mol. The Kier molecular flexibility index (Phi) is 4.28. The lowest BCUT2D eigenvalue weighted by molar-refractivity contribution is -0.383. The number of hydrogen-bond donors (Lipinski definition) is 4. The van der Waals surface area contributed by atoms with Gasteiger partial charge in [0.15, 0.2) is 0 Å². The summed E-state index contributed by atoms with van der Waals surface area (Å²) in [5.74, 6) is 4.75. The molecular weight excluding hydrogens is 250 g/mol. The van der Waals surface area contributed by atoms with E-state index in [1.165, 1.54) is 6.07 Å². The second kappa shape index (κ2) is 5.53. The van der Waals surface area contributed by atoms with Crippen molar-refractivity contribution in [1.29, 1.82) is 0 Å². The third-order valence-corrected chi connectivity index (χ3v) is 2.46. The van der Waals surface area contributed by atoms with Crippen LogP contribution in [0.25, 0.3) is 0 Å². The van der Waals surface area contributed by atoms with Crippen molar-refractivity contribution in [2.45, 2.75) is 25.8 Å². The van der Waals surface area contributed by atoms with Crippen molar-refractivity contribution in [2.75, 3.05) is 10.7 Å². The molecule has 1 aromatic rings. The number of nitrogens with zero attached hydrogens (tertiary/aromatic N) is 1. The summed E-state index contributed by atoms with van der Waals surface area (Å²) in [4.78, 5) is 21.5. The van der Waals surface area contributed by atoms with E-state index in [0.29, 0.717) is 0 Å². The Morgan fingerprint density at radius 3 is 2.47 bits per heavy atom. The summed E-state index contributed by atoms with van der Waals surface area (Å²) in [6.07, 6.45) is 0.0461. The number of amides is 1. The molecule has 0 aliphatic rings. The molecule has 0 saturated carbocycles. The predicted octanol–water partition coefficient (Wildman–Crippen LogP) is 0.946. The molecule has 104 valence electrons. The van der Waals surface area contributed by atoms with Gasteiger partial charge in [-0.1, -0.05) is 6.07 Å². The summed E-state index contributed by atoms with van der Waals surface area (Å²) in [6.45, 7) is 3.45. The zero-order chi connectivity index (χ0) is 14.6. The zero-order valence-electron chi connectivity index (χ0n) is 10.8. The standard InChI is InChI=1S/C11H17N5O3/c1-11(2,6-9(12)17)14-7-4-3-5-8(15-13)10(7)16(18)19/h3-5,14-15H,6,13H2,1-2H3,(H2,12,17). The summed E-state index contributed by atoms with van der Waals surface area (Å²) in [7, 11) is 0. The third kappa shape index (κ3) is 3.81. The van der Waals surface area contributed by atoms with E-state index in [4.69, 9.17) is 11.6 Å². The van der Waals surface area contributed by atoms with E-state index in [-0.39, 0.29) is 23.5 Å². The van der Waals surface area contributed by atoms with E-state index in [1.807, 2.05) is 0 Å². The van der Waals surface area contributed by atoms with Gasteiger partial charge in [0.05, 0.1) is 4.92 Å². The van der Waals surface area contributed by atoms with Gasteiger partial charge in [-0.05, 0) is 26.0 Å². The van der Waals surface area contributed by atoms with Gasteiger partial charge in [0.2, 0.25) is 5.91 Å². The van der Waals surface area contributed by atoms with E-state index in [0.717, 1.165) is 0 Å². The number of carbonyl (C=O) groups excluding carboxylic acids is 1. The van der Waals surface area contributed by atoms with Crippen LogP contribution in [0.5, 0.6) is 0 Å². The quantitative estimate of drug-likeness (QED) is 0.344. The van der Waals surface area contributed by atoms with Crippen molar-refractivity contribution in [1.82, 2.24) is 0 Å². The van der Waals surface area contributed by atoms with Crippen LogP contribution in [0.4, 0.5) is 17.1 Å². The fourth-order valence-electron chi connectivity index (χ4n) is 1.80. The van der Waals surface area contributed by atoms with Crippen LogP contribution in [0.3, 0.4) is 0 Å². The lowest BCUT2D eigenvalue weighted by Gasteiger charge is -2.26. The molecule has 0 heterocycles. The third-order valence-electron chi connectivity index (χ3n) is 2.46. The highest BCUT2D eigenvalue weighted by atomic mass is 16.6. The Bertz CT molecular complexity index is 501. The number of carbonyl (C=O) groups is 1. The average Bonchev–Trinajstić information content (AvgIpc) is 2.25. The molecular formula is C11H17N5O3. The second-order valence-corrected chi connectivity index (χ2v) is 4.76. The SMILES string of the molecule is CC(C)(CC(N)=O)Nc1cccc(NN)c1[N+](=O)[O-]. The largest absolute Gasteiger partial charge is 0.374 e. The van der Waals surface area contributed by atoms with Crippen LogP contribution < -0.4 is 22.3 Å². The first-order chi connectivity index (χ1) is 8.76. The molecule has 0 spiro atoms. The van der Waals surface area contributed by atoms with Crippen LogP contribution in [-0.4, -0.2) is 16.4 Å². The van der Waals surface area contributed by atoms with Gasteiger partial charge in [-0.25, -0.2) is 0 Å². The molecule has 0 unspecified atom stereocenters. The summed E-state index contributed by atoms with van der Waals surface area (Å²) < 4.78 is 0. The van der Waals surface area contributed by atoms with Crippen molar-refractivity contribution in [3.63, 3.8) is 0 Å². The number of primary amides is 1. The molecule has 0 saturated heterocycles. The maximum absolute atomic E-state index is 11.1. The normalized spacial score (nSPS) is 10.9. The molecule has 0 bridgehead atoms. The Hall–Kier alpha value is -2.35. The van der Waals surface area contributed by atoms with Crippen molar-refractivity contribution in [2.24, 2.45) is 11.6 Å². The number of hydrazine groups is 1. The van der Waals surface area contributed by atoms with Gasteiger partial charge in [0.25, 0.3) is 0 Å². The molecule has 0 aliphatic heterocycles. The highest BCUT2D eigenvalue weighted by molar-refractivity contribution is 5.79. The summed E-state index contributed by atoms with van der Waals surface area (Å²) in [6, 6.07) is 4.65. The molecule has 1 amide bonds. The van der Waals surface area contributed by atoms with E-state index in [2.05, 4.69) is 10.7 Å². The first-order valence-electron chi connectivity index (χ1n) is 5.57. The number of hydrogen-bond acceptors (Lipinski definition) is 6. The second-order valence-electron chi connectivity index (χ2n) is 4.76. The number of rotatable bonds is 6. The number of nitrogen functional groups attached to an aromatic ring is 1. The molecule has 8 heteroatoms. The van der Waals surface area contributed by atoms with Crippen LogP contribution in [0.2, 0.25) is 0 Å². The molecule has 1 rings (SSSR count). The minimum absolute atomic E-state index is 0.0461. The molecule has 0 aliphatic carbocycles. The number of nitro benzene ring substituents is 1. The summed E-state index contributed by atoms with van der Waals surface area (Å²) in [5, 5.41) is 14.0. The molecule has 0 fully saturated rings. The maximum Gasteiger partial charge on any atom is 0.316 e. The van der Waals surface area contributed by atoms with Gasteiger partial charge in [0.1, 0.15) is 11.4 Å². The van der Waals surface area contributed by atoms with Gasteiger partial charge < -0.3 is 16.5 Å². The lowest BCUT2D eigenvalue weighted by atomic mass is 9.99. The molecule has 6 N–H and O–H groups in total. The van der Waals surface area contributed by atoms with E-state index >= 15 is 0 Å². The number of benzene rings is 1. The molecule has 8 nitrogen and oxygen atoms in total. The van der Waals surface area contributed by atoms with E-state index < -0.39 is 16.4 Å². The van der Waals surface area contributed by atoms with Crippen LogP contribution in [0.15, 0.2) is 18.2 Å². The van der Waals surface area contributed by atoms with E-state index in [1.54, 1.807) is 26.0 Å². The number of nitro groups is 1. The van der Waals surface area contributed by atoms with E-state index in [9.17, 15) is 14.9 Å². The number of nitrogens with one attached hydrogen (secondary N) is 2. The average molecular weight is 267 g/mol. The fraction of sp³-hybridized carbons (Fsp3) is 0.364. The summed E-state index contributed by atoms with van der Waals surface area (Å²) in [5.41, 5.74) is 6.98. The van der Waals surface area contributed by atoms with Crippen LogP contribution in [-0.2, 0) is 4.79 Å². The number of anilines is 2. The molecule has 0 atom stereocenters. The zero-order valence-corrected chi connectivity index (χ0v) is 10.8.